The van der Waals surface area contributed by atoms with Crippen LogP contribution in [0.25, 0.3) is 0 Å². The topological polar surface area (TPSA) is 684 Å². The molecule has 6 rings (SSSR count). The largest absolute Gasteiger partial charge is 0.508 e. The highest BCUT2D eigenvalue weighted by molar-refractivity contribution is 7.80. The molecule has 0 saturated carbocycles. The standard InChI is InChI=1S/C82H102N16O27S3/c83-36-64(103)84-37-65(104)86-59(39-99)70(112)85-38-66(105)87-60(40-126)78(120)89-51(25-27-67(106)107)71(113)88-52(26-28-68(108)109)72(114)90-56(33-46-15-21-49(101)22-16-46)76(118)96-61(41-127)79(121)93-53(30-43-8-3-1-4-9-43)73(115)92-55(32-45-13-19-48(100)20-14-45)75(117)95-58(35-69(110)111)81(123)98-29-7-12-63(98)80(122)94-57(34-47-17-23-50(102)24-18-47)74(116)91-54(31-44-10-5-2-6-11-44)77(119)97-62(42-128)82(124)125/h1-6,8-11,13-24,51-63,99-102,126-128H,7,12,25-42,83H2,(H,84,103)(H,85,112)(H,86,104)(H,87,105)(H,88,113)(H,89,120)(H,90,114)(H,91,116)(H,92,115)(H,93,121)(H,94,122)(H,95,117)(H,96,118)(H,97,119)(H,106,107)(H,108,109)(H,110,111)(H,124,125)/t51-,52-,53-,54-,55-,56-,57-,58-,59-,60-,61-,62-,63-/m0/s1. The zero-order valence-electron chi connectivity index (χ0n) is 68.6. The van der Waals surface area contributed by atoms with Gasteiger partial charge in [-0.15, -0.1) is 0 Å². The van der Waals surface area contributed by atoms with Crippen LogP contribution in [-0.4, -0.2) is 287 Å². The minimum absolute atomic E-state index is 0.0855. The first kappa shape index (κ1) is 103. The fourth-order valence-corrected chi connectivity index (χ4v) is 13.6. The molecule has 0 bridgehead atoms. The van der Waals surface area contributed by atoms with Gasteiger partial charge in [-0.1, -0.05) is 97.1 Å². The van der Waals surface area contributed by atoms with Gasteiger partial charge in [0.25, 0.3) is 0 Å². The zero-order valence-corrected chi connectivity index (χ0v) is 71.2. The van der Waals surface area contributed by atoms with E-state index in [1.165, 1.54) is 72.8 Å². The number of nitrogens with two attached hydrogens (primary N) is 1. The van der Waals surface area contributed by atoms with Crippen LogP contribution in [0.15, 0.2) is 133 Å². The molecule has 1 saturated heterocycles. The van der Waals surface area contributed by atoms with Gasteiger partial charge < -0.3 is 126 Å². The van der Waals surface area contributed by atoms with Crippen LogP contribution in [-0.2, 0) is 123 Å². The zero-order chi connectivity index (χ0) is 94.3. The third-order valence-electron chi connectivity index (χ3n) is 19.6. The summed E-state index contributed by atoms with van der Waals surface area (Å²) in [7, 11) is 0. The maximum Gasteiger partial charge on any atom is 0.327 e. The van der Waals surface area contributed by atoms with Crippen LogP contribution in [0.5, 0.6) is 17.2 Å². The molecule has 13 atom stereocenters. The summed E-state index contributed by atoms with van der Waals surface area (Å²) in [5.41, 5.74) is 6.95. The van der Waals surface area contributed by atoms with Crippen LogP contribution < -0.4 is 80.2 Å². The normalized spacial score (nSPS) is 14.9. The number of amides is 15. The molecule has 1 heterocycles. The van der Waals surface area contributed by atoms with Gasteiger partial charge in [0.1, 0.15) is 95.8 Å². The number of hydrogen-bond acceptors (Lipinski definition) is 27. The number of nitrogens with zero attached hydrogens (tertiary/aromatic N) is 1. The number of thiol groups is 3. The van der Waals surface area contributed by atoms with Gasteiger partial charge in [-0.3, -0.25) is 86.3 Å². The number of phenols is 3. The fourth-order valence-electron chi connectivity index (χ4n) is 12.8. The Balaban J connectivity index is 1.23. The molecule has 1 aliphatic rings. The monoisotopic (exact) mass is 1840 g/mol. The summed E-state index contributed by atoms with van der Waals surface area (Å²) >= 11 is 12.5. The number of carboxylic acid groups (broad SMARTS) is 4. The van der Waals surface area contributed by atoms with E-state index < -0.39 is 274 Å². The lowest BCUT2D eigenvalue weighted by molar-refractivity contribution is -0.146. The first-order chi connectivity index (χ1) is 60.9. The van der Waals surface area contributed by atoms with Gasteiger partial charge in [-0.25, -0.2) is 4.79 Å². The maximum absolute atomic E-state index is 15.1. The van der Waals surface area contributed by atoms with Gasteiger partial charge in [-0.2, -0.15) is 37.9 Å². The summed E-state index contributed by atoms with van der Waals surface area (Å²) in [5.74, 6) is -24.4. The van der Waals surface area contributed by atoms with E-state index in [1.54, 1.807) is 60.7 Å². The summed E-state index contributed by atoms with van der Waals surface area (Å²) in [4.78, 5) is 260. The van der Waals surface area contributed by atoms with Gasteiger partial charge >= 0.3 is 23.9 Å². The Labute approximate surface area is 747 Å². The first-order valence-corrected chi connectivity index (χ1v) is 41.7. The molecule has 43 nitrogen and oxygen atoms in total. The SMILES string of the molecule is NCC(=O)NCC(=O)N[C@@H](CO)C(=O)NCC(=O)N[C@@H](CS)C(=O)N[C@@H](CCC(=O)O)C(=O)N[C@@H](CCC(=O)O)C(=O)N[C@@H](Cc1ccc(O)cc1)C(=O)N[C@@H](CS)C(=O)N[C@@H](Cc1ccccc1)C(=O)N[C@@H](Cc1ccc(O)cc1)C(=O)N[C@@H](CC(=O)O)C(=O)N1CCC[C@H]1C(=O)N[C@@H](Cc1ccc(O)cc1)C(=O)N[C@@H](Cc1ccccc1)C(=O)N[C@@H](CS)C(=O)O. The van der Waals surface area contributed by atoms with Crippen LogP contribution in [0.1, 0.15) is 72.8 Å². The number of likely N-dealkylation sites (tertiary alicyclic amines) is 1. The number of carboxylic acids is 4. The molecule has 46 heteroatoms. The molecule has 690 valence electrons. The maximum atomic E-state index is 15.1. The van der Waals surface area contributed by atoms with Gasteiger partial charge in [0.15, 0.2) is 0 Å². The Morgan fingerprint density at radius 3 is 1.02 bits per heavy atom. The molecule has 0 aliphatic carbocycles. The summed E-state index contributed by atoms with van der Waals surface area (Å²) in [5, 5.41) is 113. The Hall–Kier alpha value is -13.6. The summed E-state index contributed by atoms with van der Waals surface area (Å²) in [6.07, 6.45) is -6.10. The summed E-state index contributed by atoms with van der Waals surface area (Å²) in [6.45, 7) is -3.18. The molecule has 0 spiro atoms. The van der Waals surface area contributed by atoms with Crippen molar-refractivity contribution < 1.29 is 132 Å². The van der Waals surface area contributed by atoms with Crippen molar-refractivity contribution in [2.75, 3.05) is 50.0 Å². The predicted octanol–water partition coefficient (Wildman–Crippen LogP) is -5.61. The molecule has 0 aromatic heterocycles. The third-order valence-corrected chi connectivity index (χ3v) is 20.7. The van der Waals surface area contributed by atoms with Crippen molar-refractivity contribution in [2.45, 2.75) is 156 Å². The lowest BCUT2D eigenvalue weighted by Crippen LogP contribution is -2.62. The number of benzene rings is 5. The minimum Gasteiger partial charge on any atom is -0.508 e. The molecule has 24 N–H and O–H groups in total. The van der Waals surface area contributed by atoms with E-state index in [0.29, 0.717) is 16.7 Å². The number of aliphatic hydroxyl groups excluding tert-OH is 1. The number of aliphatic hydroxyl groups is 1. The summed E-state index contributed by atoms with van der Waals surface area (Å²) < 4.78 is 0. The Morgan fingerprint density at radius 2 is 0.664 bits per heavy atom. The van der Waals surface area contributed by atoms with Crippen LogP contribution >= 0.6 is 37.9 Å². The van der Waals surface area contributed by atoms with Crippen LogP contribution in [0.2, 0.25) is 0 Å². The van der Waals surface area contributed by atoms with E-state index in [2.05, 4.69) is 112 Å². The fraction of sp³-hybridized carbons (Fsp3) is 0.402. The van der Waals surface area contributed by atoms with Crippen molar-refractivity contribution in [3.63, 3.8) is 0 Å². The Morgan fingerprint density at radius 1 is 0.352 bits per heavy atom. The highest BCUT2D eigenvalue weighted by Gasteiger charge is 2.43. The smallest absolute Gasteiger partial charge is 0.327 e. The van der Waals surface area contributed by atoms with E-state index >= 15 is 9.59 Å². The van der Waals surface area contributed by atoms with E-state index in [0.717, 1.165) is 4.90 Å². The quantitative estimate of drug-likeness (QED) is 0.0161. The molecule has 1 fully saturated rings. The molecule has 1 aliphatic heterocycles. The highest BCUT2D eigenvalue weighted by atomic mass is 32.1. The number of rotatable bonds is 52. The van der Waals surface area contributed by atoms with Gasteiger partial charge in [0.05, 0.1) is 32.7 Å². The minimum atomic E-state index is -2.02. The molecule has 128 heavy (non-hydrogen) atoms. The van der Waals surface area contributed by atoms with E-state index in [4.69, 9.17) is 5.73 Å². The number of hydrogen-bond donors (Lipinski definition) is 26. The second-order valence-electron chi connectivity index (χ2n) is 29.3. The second-order valence-corrected chi connectivity index (χ2v) is 30.4. The number of nitrogens with one attached hydrogen (secondary N) is 14. The van der Waals surface area contributed by atoms with Crippen molar-refractivity contribution in [3.8, 4) is 17.2 Å². The van der Waals surface area contributed by atoms with Crippen molar-refractivity contribution in [3.05, 3.63) is 161 Å². The van der Waals surface area contributed by atoms with Gasteiger partial charge in [0, 0.05) is 68.7 Å². The van der Waals surface area contributed by atoms with E-state index in [1.807, 2.05) is 0 Å². The lowest BCUT2D eigenvalue weighted by atomic mass is 10.0. The Kier molecular flexibility index (Phi) is 42.2. The molecule has 0 radical (unpaired) electrons. The number of carbonyl (C=O) groups excluding carboxylic acids is 15. The summed E-state index contributed by atoms with van der Waals surface area (Å²) in [6, 6.07) is 9.73. The molecule has 15 amide bonds. The van der Waals surface area contributed by atoms with Crippen molar-refractivity contribution >= 4 is 150 Å². The van der Waals surface area contributed by atoms with Crippen molar-refractivity contribution in [1.29, 1.82) is 0 Å². The van der Waals surface area contributed by atoms with E-state index in [-0.39, 0.29) is 72.8 Å². The van der Waals surface area contributed by atoms with E-state index in [9.17, 15) is 122 Å². The number of aromatic hydroxyl groups is 3. The molecular formula is C82H102N16O27S3. The number of phenolic OH excluding ortho intramolecular Hbond substituents is 3. The van der Waals surface area contributed by atoms with Crippen LogP contribution in [0, 0.1) is 0 Å². The van der Waals surface area contributed by atoms with Gasteiger partial charge in [0.2, 0.25) is 88.6 Å². The number of aliphatic carboxylic acids is 4. The van der Waals surface area contributed by atoms with Crippen molar-refractivity contribution in [2.24, 2.45) is 5.73 Å². The predicted molar refractivity (Wildman–Crippen MR) is 461 cm³/mol. The average molecular weight is 1840 g/mol. The molecule has 5 aromatic rings. The number of carbonyl (C=O) groups is 19. The molecular weight excluding hydrogens is 1740 g/mol. The van der Waals surface area contributed by atoms with Crippen LogP contribution in [0.3, 0.4) is 0 Å². The highest BCUT2D eigenvalue weighted by Crippen LogP contribution is 2.23. The van der Waals surface area contributed by atoms with Gasteiger partial charge in [-0.05, 0) is 89.9 Å². The molecule has 5 aromatic carbocycles. The second kappa shape index (κ2) is 52.4. The first-order valence-electron chi connectivity index (χ1n) is 39.8. The van der Waals surface area contributed by atoms with Crippen molar-refractivity contribution in [1.82, 2.24) is 79.3 Å². The molecule has 0 unspecified atom stereocenters. The Bertz CT molecular complexity index is 4740. The van der Waals surface area contributed by atoms with Crippen LogP contribution in [0.4, 0.5) is 0 Å². The lowest BCUT2D eigenvalue weighted by Gasteiger charge is -2.31. The average Bonchev–Trinajstić information content (AvgIpc) is 1.63. The third kappa shape index (κ3) is 34.7.